The monoisotopic (exact) mass is 463 g/mol. The zero-order chi connectivity index (χ0) is 24.5. The summed E-state index contributed by atoms with van der Waals surface area (Å²) in [6, 6.07) is 12.4. The second kappa shape index (κ2) is 12.1. The Balaban J connectivity index is 1.82. The molecule has 34 heavy (non-hydrogen) atoms. The molecule has 0 fully saturated rings. The molecule has 2 aromatic carbocycles. The van der Waals surface area contributed by atoms with Crippen LogP contribution < -0.4 is 10.1 Å². The highest BCUT2D eigenvalue weighted by Gasteiger charge is 2.12. The molecule has 0 aliphatic heterocycles. The maximum absolute atomic E-state index is 10.9. The maximum atomic E-state index is 10.9. The Morgan fingerprint density at radius 1 is 1.12 bits per heavy atom. The standard InChI is InChI=1S/C26H33N5O3/c1-5-30(6-2)17-7-8-19(3)27-26-23-18-22(34-4)14-15-24(23)28-25(29-26)16-11-20-9-12-21(13-10-20)31(32)33/h9-16,18-19H,5-8,17H2,1-4H3,(H,27,28,29). The summed E-state index contributed by atoms with van der Waals surface area (Å²) in [5.41, 5.74) is 1.72. The fourth-order valence-electron chi connectivity index (χ4n) is 3.78. The third-order valence-electron chi connectivity index (χ3n) is 5.84. The van der Waals surface area contributed by atoms with E-state index in [2.05, 4.69) is 36.0 Å². The summed E-state index contributed by atoms with van der Waals surface area (Å²) >= 11 is 0. The SMILES string of the molecule is CCN(CC)CCCC(C)Nc1nc(C=Cc2ccc([N+](=O)[O-])cc2)nc2ccc(OC)cc12. The number of aromatic nitrogens is 2. The molecule has 8 heteroatoms. The topological polar surface area (TPSA) is 93.4 Å². The Labute approximate surface area is 200 Å². The van der Waals surface area contributed by atoms with E-state index in [0.717, 1.165) is 60.5 Å². The summed E-state index contributed by atoms with van der Waals surface area (Å²) in [5.74, 6) is 2.08. The summed E-state index contributed by atoms with van der Waals surface area (Å²) in [7, 11) is 1.65. The molecule has 3 rings (SSSR count). The van der Waals surface area contributed by atoms with Gasteiger partial charge in [-0.05, 0) is 81.4 Å². The van der Waals surface area contributed by atoms with E-state index in [4.69, 9.17) is 9.72 Å². The Morgan fingerprint density at radius 3 is 2.50 bits per heavy atom. The van der Waals surface area contributed by atoms with Crippen LogP contribution in [-0.2, 0) is 0 Å². The Kier molecular flexibility index (Phi) is 8.93. The first kappa shape index (κ1) is 25.1. The van der Waals surface area contributed by atoms with Crippen LogP contribution in [-0.4, -0.2) is 52.6 Å². The van der Waals surface area contributed by atoms with Crippen molar-refractivity contribution in [1.82, 2.24) is 14.9 Å². The summed E-state index contributed by atoms with van der Waals surface area (Å²) in [4.78, 5) is 22.3. The number of rotatable bonds is 12. The molecule has 0 saturated heterocycles. The normalized spacial score (nSPS) is 12.4. The molecule has 0 saturated carbocycles. The van der Waals surface area contributed by atoms with Crippen molar-refractivity contribution in [3.8, 4) is 5.75 Å². The molecule has 0 aliphatic carbocycles. The van der Waals surface area contributed by atoms with Crippen LogP contribution in [0.5, 0.6) is 5.75 Å². The minimum absolute atomic E-state index is 0.0644. The smallest absolute Gasteiger partial charge is 0.269 e. The number of benzene rings is 2. The van der Waals surface area contributed by atoms with Crippen LogP contribution >= 0.6 is 0 Å². The van der Waals surface area contributed by atoms with Crippen molar-refractivity contribution >= 4 is 34.6 Å². The first-order chi connectivity index (χ1) is 16.4. The zero-order valence-corrected chi connectivity index (χ0v) is 20.3. The number of nitro benzene ring substituents is 1. The minimum atomic E-state index is -0.407. The van der Waals surface area contributed by atoms with Crippen LogP contribution in [0.4, 0.5) is 11.5 Å². The van der Waals surface area contributed by atoms with Gasteiger partial charge in [0.15, 0.2) is 5.82 Å². The third kappa shape index (κ3) is 6.74. The number of nitrogens with zero attached hydrogens (tertiary/aromatic N) is 4. The average Bonchev–Trinajstić information content (AvgIpc) is 2.85. The molecule has 180 valence electrons. The van der Waals surface area contributed by atoms with Crippen molar-refractivity contribution in [1.29, 1.82) is 0 Å². The van der Waals surface area contributed by atoms with E-state index in [0.29, 0.717) is 5.82 Å². The number of ether oxygens (including phenoxy) is 1. The largest absolute Gasteiger partial charge is 0.497 e. The van der Waals surface area contributed by atoms with E-state index in [1.165, 1.54) is 12.1 Å². The first-order valence-electron chi connectivity index (χ1n) is 11.7. The number of nitrogens with one attached hydrogen (secondary N) is 1. The van der Waals surface area contributed by atoms with Crippen LogP contribution in [0.1, 0.15) is 45.0 Å². The number of nitro groups is 1. The predicted octanol–water partition coefficient (Wildman–Crippen LogP) is 5.64. The number of anilines is 1. The van der Waals surface area contributed by atoms with Gasteiger partial charge >= 0.3 is 0 Å². The van der Waals surface area contributed by atoms with Crippen LogP contribution in [0.15, 0.2) is 42.5 Å². The van der Waals surface area contributed by atoms with Crippen molar-refractivity contribution < 1.29 is 9.66 Å². The summed E-state index contributed by atoms with van der Waals surface area (Å²) < 4.78 is 5.41. The summed E-state index contributed by atoms with van der Waals surface area (Å²) in [6.07, 6.45) is 5.81. The van der Waals surface area contributed by atoms with Crippen molar-refractivity contribution in [3.63, 3.8) is 0 Å². The number of hydrogen-bond donors (Lipinski definition) is 1. The summed E-state index contributed by atoms with van der Waals surface area (Å²) in [5, 5.41) is 15.3. The van der Waals surface area contributed by atoms with Crippen molar-refractivity contribution in [2.45, 2.75) is 39.7 Å². The van der Waals surface area contributed by atoms with Crippen LogP contribution in [0.2, 0.25) is 0 Å². The van der Waals surface area contributed by atoms with E-state index in [9.17, 15) is 10.1 Å². The molecule has 1 N–H and O–H groups in total. The lowest BCUT2D eigenvalue weighted by Crippen LogP contribution is -2.25. The van der Waals surface area contributed by atoms with Gasteiger partial charge in [-0.15, -0.1) is 0 Å². The van der Waals surface area contributed by atoms with Gasteiger partial charge in [-0.1, -0.05) is 19.9 Å². The van der Waals surface area contributed by atoms with Gasteiger partial charge in [0, 0.05) is 23.6 Å². The highest BCUT2D eigenvalue weighted by atomic mass is 16.6. The molecule has 1 aromatic heterocycles. The number of hydrogen-bond acceptors (Lipinski definition) is 7. The molecule has 1 unspecified atom stereocenters. The van der Waals surface area contributed by atoms with E-state index in [1.807, 2.05) is 30.4 Å². The molecule has 0 amide bonds. The van der Waals surface area contributed by atoms with Gasteiger partial charge in [0.05, 0.1) is 17.5 Å². The molecule has 0 spiro atoms. The second-order valence-electron chi connectivity index (χ2n) is 8.21. The quantitative estimate of drug-likeness (QED) is 0.274. The molecule has 0 bridgehead atoms. The minimum Gasteiger partial charge on any atom is -0.497 e. The lowest BCUT2D eigenvalue weighted by molar-refractivity contribution is -0.384. The Bertz CT molecular complexity index is 1130. The van der Waals surface area contributed by atoms with Crippen LogP contribution in [0, 0.1) is 10.1 Å². The van der Waals surface area contributed by atoms with Crippen molar-refractivity contribution in [2.24, 2.45) is 0 Å². The Hall–Kier alpha value is -3.52. The molecule has 3 aromatic rings. The van der Waals surface area contributed by atoms with E-state index >= 15 is 0 Å². The van der Waals surface area contributed by atoms with Crippen molar-refractivity contribution in [3.05, 3.63) is 64.0 Å². The fraction of sp³-hybridized carbons (Fsp3) is 0.385. The fourth-order valence-corrected chi connectivity index (χ4v) is 3.78. The van der Waals surface area contributed by atoms with E-state index in [1.54, 1.807) is 19.2 Å². The number of non-ortho nitro benzene ring substituents is 1. The summed E-state index contributed by atoms with van der Waals surface area (Å²) in [6.45, 7) is 9.77. The Morgan fingerprint density at radius 2 is 1.85 bits per heavy atom. The zero-order valence-electron chi connectivity index (χ0n) is 20.3. The van der Waals surface area contributed by atoms with Gasteiger partial charge < -0.3 is 15.0 Å². The van der Waals surface area contributed by atoms with Gasteiger partial charge in [0.1, 0.15) is 11.6 Å². The van der Waals surface area contributed by atoms with Crippen molar-refractivity contribution in [2.75, 3.05) is 32.1 Å². The first-order valence-corrected chi connectivity index (χ1v) is 11.7. The lowest BCUT2D eigenvalue weighted by Gasteiger charge is -2.20. The second-order valence-corrected chi connectivity index (χ2v) is 8.21. The highest BCUT2D eigenvalue weighted by Crippen LogP contribution is 2.27. The van der Waals surface area contributed by atoms with Gasteiger partial charge in [0.2, 0.25) is 0 Å². The average molecular weight is 464 g/mol. The lowest BCUT2D eigenvalue weighted by atomic mass is 10.1. The van der Waals surface area contributed by atoms with Crippen LogP contribution in [0.3, 0.4) is 0 Å². The maximum Gasteiger partial charge on any atom is 0.269 e. The van der Waals surface area contributed by atoms with Gasteiger partial charge in [-0.25, -0.2) is 9.97 Å². The van der Waals surface area contributed by atoms with Crippen LogP contribution in [0.25, 0.3) is 23.1 Å². The third-order valence-corrected chi connectivity index (χ3v) is 5.84. The molecule has 0 aliphatic rings. The number of fused-ring (bicyclic) bond motifs is 1. The number of methoxy groups -OCH3 is 1. The molecule has 1 heterocycles. The van der Waals surface area contributed by atoms with E-state index < -0.39 is 4.92 Å². The predicted molar refractivity (Wildman–Crippen MR) is 138 cm³/mol. The van der Waals surface area contributed by atoms with E-state index in [-0.39, 0.29) is 11.7 Å². The van der Waals surface area contributed by atoms with Gasteiger partial charge in [0.25, 0.3) is 5.69 Å². The van der Waals surface area contributed by atoms with Gasteiger partial charge in [-0.3, -0.25) is 10.1 Å². The molecular formula is C26H33N5O3. The molecule has 0 radical (unpaired) electrons. The molecular weight excluding hydrogens is 430 g/mol. The molecule has 1 atom stereocenters. The molecule has 8 nitrogen and oxygen atoms in total. The highest BCUT2D eigenvalue weighted by molar-refractivity contribution is 5.91. The van der Waals surface area contributed by atoms with Gasteiger partial charge in [-0.2, -0.15) is 0 Å².